The van der Waals surface area contributed by atoms with Crippen LogP contribution in [0.25, 0.3) is 0 Å². The molecule has 1 fully saturated rings. The van der Waals surface area contributed by atoms with Crippen LogP contribution in [0.15, 0.2) is 36.7 Å². The Bertz CT molecular complexity index is 740. The van der Waals surface area contributed by atoms with Gasteiger partial charge in [0.2, 0.25) is 0 Å². The lowest BCUT2D eigenvalue weighted by molar-refractivity contribution is -0.139. The van der Waals surface area contributed by atoms with Crippen LogP contribution in [0.2, 0.25) is 0 Å². The molecule has 26 heavy (non-hydrogen) atoms. The van der Waals surface area contributed by atoms with E-state index >= 15 is 0 Å². The first-order valence-corrected chi connectivity index (χ1v) is 9.29. The smallest absolute Gasteiger partial charge is 0.263 e. The third kappa shape index (κ3) is 3.33. The number of hydrogen-bond acceptors (Lipinski definition) is 4. The molecule has 2 aliphatic heterocycles. The van der Waals surface area contributed by atoms with Crippen molar-refractivity contribution in [1.82, 2.24) is 14.5 Å². The summed E-state index contributed by atoms with van der Waals surface area (Å²) in [6.45, 7) is 3.02. The molecule has 0 radical (unpaired) electrons. The van der Waals surface area contributed by atoms with E-state index in [0.717, 1.165) is 49.6 Å². The number of nitrogens with zero attached hydrogens (tertiary/aromatic N) is 3. The molecular weight excluding hydrogens is 330 g/mol. The number of likely N-dealkylation sites (tertiary alicyclic amines) is 1. The maximum absolute atomic E-state index is 12.8. The molecule has 2 aliphatic rings. The zero-order valence-corrected chi connectivity index (χ0v) is 15.1. The van der Waals surface area contributed by atoms with E-state index in [1.807, 2.05) is 41.6 Å². The average molecular weight is 355 g/mol. The topological polar surface area (TPSA) is 56.6 Å². The van der Waals surface area contributed by atoms with E-state index in [0.29, 0.717) is 18.9 Å². The lowest BCUT2D eigenvalue weighted by Crippen LogP contribution is -2.45. The van der Waals surface area contributed by atoms with Crippen molar-refractivity contribution in [3.63, 3.8) is 0 Å². The number of carbonyl (C=O) groups is 1. The lowest BCUT2D eigenvalue weighted by Gasteiger charge is -2.33. The third-order valence-corrected chi connectivity index (χ3v) is 5.38. The molecule has 3 heterocycles. The summed E-state index contributed by atoms with van der Waals surface area (Å²) in [6, 6.07) is 7.92. The van der Waals surface area contributed by atoms with Crippen LogP contribution < -0.4 is 4.74 Å². The second kappa shape index (κ2) is 7.50. The van der Waals surface area contributed by atoms with Crippen molar-refractivity contribution < 1.29 is 14.3 Å². The number of aromatic nitrogens is 2. The van der Waals surface area contributed by atoms with Gasteiger partial charge in [0, 0.05) is 51.5 Å². The van der Waals surface area contributed by atoms with E-state index in [-0.39, 0.29) is 12.0 Å². The van der Waals surface area contributed by atoms with Gasteiger partial charge < -0.3 is 18.9 Å². The molecule has 2 aromatic rings. The molecule has 0 N–H and O–H groups in total. The summed E-state index contributed by atoms with van der Waals surface area (Å²) >= 11 is 0. The summed E-state index contributed by atoms with van der Waals surface area (Å²) in [6.07, 6.45) is 6.05. The number of para-hydroxylation sites is 1. The molecule has 138 valence electrons. The van der Waals surface area contributed by atoms with Crippen LogP contribution >= 0.6 is 0 Å². The van der Waals surface area contributed by atoms with E-state index in [2.05, 4.69) is 9.55 Å². The fourth-order valence-electron chi connectivity index (χ4n) is 3.94. The van der Waals surface area contributed by atoms with Gasteiger partial charge in [0.25, 0.3) is 5.91 Å². The minimum Gasteiger partial charge on any atom is -0.480 e. The Labute approximate surface area is 153 Å². The summed E-state index contributed by atoms with van der Waals surface area (Å²) in [4.78, 5) is 19.3. The highest BCUT2D eigenvalue weighted by Gasteiger charge is 2.34. The van der Waals surface area contributed by atoms with Crippen LogP contribution in [0.1, 0.15) is 30.1 Å². The van der Waals surface area contributed by atoms with Crippen molar-refractivity contribution in [3.05, 3.63) is 48.0 Å². The van der Waals surface area contributed by atoms with Crippen molar-refractivity contribution in [1.29, 1.82) is 0 Å². The van der Waals surface area contributed by atoms with Crippen molar-refractivity contribution in [2.75, 3.05) is 26.8 Å². The summed E-state index contributed by atoms with van der Waals surface area (Å²) in [5, 5.41) is 0. The first-order chi connectivity index (χ1) is 12.8. The van der Waals surface area contributed by atoms with E-state index in [1.165, 1.54) is 0 Å². The first kappa shape index (κ1) is 17.1. The number of fused-ring (bicyclic) bond motifs is 1. The molecule has 1 aromatic carbocycles. The number of imidazole rings is 1. The number of ether oxygens (including phenoxy) is 2. The van der Waals surface area contributed by atoms with Gasteiger partial charge in [0.15, 0.2) is 6.10 Å². The lowest BCUT2D eigenvalue weighted by atomic mass is 9.95. The molecule has 6 heteroatoms. The zero-order valence-electron chi connectivity index (χ0n) is 15.1. The maximum atomic E-state index is 12.8. The first-order valence-electron chi connectivity index (χ1n) is 9.29. The molecule has 0 aliphatic carbocycles. The van der Waals surface area contributed by atoms with Gasteiger partial charge in [-0.2, -0.15) is 0 Å². The van der Waals surface area contributed by atoms with E-state index in [4.69, 9.17) is 9.47 Å². The summed E-state index contributed by atoms with van der Waals surface area (Å²) in [7, 11) is 1.71. The molecule has 0 saturated carbocycles. The monoisotopic (exact) mass is 355 g/mol. The normalized spacial score (nSPS) is 20.0. The molecule has 0 spiro atoms. The van der Waals surface area contributed by atoms with E-state index in [9.17, 15) is 4.79 Å². The third-order valence-electron chi connectivity index (χ3n) is 5.38. The van der Waals surface area contributed by atoms with E-state index < -0.39 is 0 Å². The average Bonchev–Trinajstić information content (AvgIpc) is 3.32. The van der Waals surface area contributed by atoms with Gasteiger partial charge in [-0.15, -0.1) is 0 Å². The number of hydrogen-bond donors (Lipinski definition) is 0. The molecular formula is C20H25N3O3. The fourth-order valence-corrected chi connectivity index (χ4v) is 3.94. The largest absolute Gasteiger partial charge is 0.480 e. The summed E-state index contributed by atoms with van der Waals surface area (Å²) in [5.74, 6) is 2.47. The molecule has 4 rings (SSSR count). The van der Waals surface area contributed by atoms with Crippen LogP contribution in [0.4, 0.5) is 0 Å². The van der Waals surface area contributed by atoms with Gasteiger partial charge >= 0.3 is 0 Å². The maximum Gasteiger partial charge on any atom is 0.263 e. The number of benzene rings is 1. The predicted octanol–water partition coefficient (Wildman–Crippen LogP) is 2.24. The molecule has 1 amide bonds. The van der Waals surface area contributed by atoms with Gasteiger partial charge in [-0.1, -0.05) is 18.2 Å². The second-order valence-electron chi connectivity index (χ2n) is 6.99. The van der Waals surface area contributed by atoms with Gasteiger partial charge in [0.05, 0.1) is 6.61 Å². The standard InChI is InChI=1S/C20H25N3O3/c1-25-13-12-22-11-8-21-19(22)15-6-9-23(10-7-15)20(24)18-14-16-4-2-3-5-17(16)26-18/h2-5,8,11,15,18H,6-7,9-10,12-14H2,1H3. The second-order valence-corrected chi connectivity index (χ2v) is 6.99. The van der Waals surface area contributed by atoms with Crippen LogP contribution in [-0.4, -0.2) is 53.3 Å². The minimum absolute atomic E-state index is 0.113. The number of piperidine rings is 1. The Balaban J connectivity index is 1.34. The molecule has 1 atom stereocenters. The molecule has 0 bridgehead atoms. The number of methoxy groups -OCH3 is 1. The van der Waals surface area contributed by atoms with Crippen LogP contribution in [-0.2, 0) is 22.5 Å². The summed E-state index contributed by atoms with van der Waals surface area (Å²) in [5.41, 5.74) is 1.13. The Morgan fingerprint density at radius 2 is 2.12 bits per heavy atom. The van der Waals surface area contributed by atoms with Crippen molar-refractivity contribution in [2.45, 2.75) is 37.8 Å². The number of carbonyl (C=O) groups excluding carboxylic acids is 1. The highest BCUT2D eigenvalue weighted by molar-refractivity contribution is 5.82. The minimum atomic E-state index is -0.368. The SMILES string of the molecule is COCCn1ccnc1C1CCN(C(=O)C2Cc3ccccc3O2)CC1. The quantitative estimate of drug-likeness (QED) is 0.825. The highest BCUT2D eigenvalue weighted by Crippen LogP contribution is 2.31. The predicted molar refractivity (Wildman–Crippen MR) is 97.2 cm³/mol. The Hall–Kier alpha value is -2.34. The van der Waals surface area contributed by atoms with Gasteiger partial charge in [-0.3, -0.25) is 4.79 Å². The van der Waals surface area contributed by atoms with Crippen LogP contribution in [0, 0.1) is 0 Å². The van der Waals surface area contributed by atoms with Crippen LogP contribution in [0.3, 0.4) is 0 Å². The van der Waals surface area contributed by atoms with Crippen molar-refractivity contribution in [3.8, 4) is 5.75 Å². The Morgan fingerprint density at radius 1 is 1.31 bits per heavy atom. The molecule has 1 aromatic heterocycles. The van der Waals surface area contributed by atoms with Crippen LogP contribution in [0.5, 0.6) is 5.75 Å². The molecule has 6 nitrogen and oxygen atoms in total. The zero-order chi connectivity index (χ0) is 17.9. The fraction of sp³-hybridized carbons (Fsp3) is 0.500. The van der Waals surface area contributed by atoms with Crippen molar-refractivity contribution in [2.24, 2.45) is 0 Å². The summed E-state index contributed by atoms with van der Waals surface area (Å²) < 4.78 is 13.2. The Kier molecular flexibility index (Phi) is 4.93. The van der Waals surface area contributed by atoms with Crippen molar-refractivity contribution >= 4 is 5.91 Å². The van der Waals surface area contributed by atoms with Gasteiger partial charge in [-0.25, -0.2) is 4.98 Å². The molecule has 1 saturated heterocycles. The Morgan fingerprint density at radius 3 is 2.88 bits per heavy atom. The molecule has 1 unspecified atom stereocenters. The van der Waals surface area contributed by atoms with Gasteiger partial charge in [-0.05, 0) is 24.5 Å². The van der Waals surface area contributed by atoms with E-state index in [1.54, 1.807) is 7.11 Å². The number of amides is 1. The highest BCUT2D eigenvalue weighted by atomic mass is 16.5. The number of rotatable bonds is 5. The van der Waals surface area contributed by atoms with Gasteiger partial charge in [0.1, 0.15) is 11.6 Å².